The summed E-state index contributed by atoms with van der Waals surface area (Å²) in [5.41, 5.74) is 6.04. The zero-order chi connectivity index (χ0) is 14.6. The standard InChI is InChI=1S/C13H26N4O2S.HI/c1-20(18,19)16-12-7-5-6-11(12)10-15-13(14)17-8-3-2-4-9-17;/h11-12,16H,2-10H2,1H3,(H2,14,15);1H. The van der Waals surface area contributed by atoms with Gasteiger partial charge in [-0.2, -0.15) is 0 Å². The number of nitrogens with one attached hydrogen (secondary N) is 1. The van der Waals surface area contributed by atoms with Crippen LogP contribution in [-0.2, 0) is 10.0 Å². The molecule has 6 nitrogen and oxygen atoms in total. The van der Waals surface area contributed by atoms with Crippen molar-refractivity contribution in [3.8, 4) is 0 Å². The zero-order valence-electron chi connectivity index (χ0n) is 12.6. The van der Waals surface area contributed by atoms with Gasteiger partial charge >= 0.3 is 0 Å². The van der Waals surface area contributed by atoms with Crippen molar-refractivity contribution in [2.24, 2.45) is 16.6 Å². The molecule has 0 aromatic heterocycles. The molecule has 21 heavy (non-hydrogen) atoms. The number of sulfonamides is 1. The van der Waals surface area contributed by atoms with Crippen LogP contribution in [0.1, 0.15) is 38.5 Å². The molecule has 2 atom stereocenters. The average Bonchev–Trinajstić information content (AvgIpc) is 2.82. The molecule has 1 heterocycles. The number of nitrogens with zero attached hydrogens (tertiary/aromatic N) is 2. The van der Waals surface area contributed by atoms with E-state index in [1.165, 1.54) is 25.5 Å². The minimum atomic E-state index is -3.14. The number of aliphatic imine (C=N–C) groups is 1. The molecule has 0 bridgehead atoms. The normalized spacial score (nSPS) is 27.5. The second kappa shape index (κ2) is 8.52. The monoisotopic (exact) mass is 430 g/mol. The molecule has 1 aliphatic carbocycles. The molecule has 0 aromatic carbocycles. The van der Waals surface area contributed by atoms with Crippen LogP contribution in [0.5, 0.6) is 0 Å². The lowest BCUT2D eigenvalue weighted by Gasteiger charge is -2.28. The first-order valence-electron chi connectivity index (χ1n) is 7.48. The molecule has 1 saturated heterocycles. The van der Waals surface area contributed by atoms with Crippen molar-refractivity contribution < 1.29 is 8.42 Å². The van der Waals surface area contributed by atoms with Gasteiger partial charge in [0.05, 0.1) is 6.26 Å². The first-order valence-corrected chi connectivity index (χ1v) is 9.37. The number of hydrogen-bond acceptors (Lipinski definition) is 3. The summed E-state index contributed by atoms with van der Waals surface area (Å²) in [5.74, 6) is 0.891. The average molecular weight is 430 g/mol. The van der Waals surface area contributed by atoms with Crippen LogP contribution in [0, 0.1) is 5.92 Å². The Labute approximate surface area is 145 Å². The fourth-order valence-corrected chi connectivity index (χ4v) is 3.98. The lowest BCUT2D eigenvalue weighted by atomic mass is 10.1. The number of nitrogens with two attached hydrogens (primary N) is 1. The Kier molecular flexibility index (Phi) is 7.69. The lowest BCUT2D eigenvalue weighted by Crippen LogP contribution is -2.42. The molecule has 124 valence electrons. The maximum Gasteiger partial charge on any atom is 0.208 e. The molecule has 0 radical (unpaired) electrons. The molecule has 1 saturated carbocycles. The zero-order valence-corrected chi connectivity index (χ0v) is 15.8. The highest BCUT2D eigenvalue weighted by Crippen LogP contribution is 2.26. The topological polar surface area (TPSA) is 87.8 Å². The number of piperidine rings is 1. The number of likely N-dealkylation sites (tertiary alicyclic amines) is 1. The second-order valence-electron chi connectivity index (χ2n) is 5.93. The molecule has 2 fully saturated rings. The Morgan fingerprint density at radius 3 is 2.52 bits per heavy atom. The highest BCUT2D eigenvalue weighted by atomic mass is 127. The fourth-order valence-electron chi connectivity index (χ4n) is 3.12. The van der Waals surface area contributed by atoms with E-state index in [9.17, 15) is 8.42 Å². The highest BCUT2D eigenvalue weighted by Gasteiger charge is 2.29. The van der Waals surface area contributed by atoms with Crippen molar-refractivity contribution in [2.45, 2.75) is 44.6 Å². The van der Waals surface area contributed by atoms with Gasteiger partial charge in [0.2, 0.25) is 10.0 Å². The smallest absolute Gasteiger partial charge is 0.208 e. The minimum Gasteiger partial charge on any atom is -0.370 e. The van der Waals surface area contributed by atoms with E-state index in [1.807, 2.05) is 0 Å². The van der Waals surface area contributed by atoms with Gasteiger partial charge in [0, 0.05) is 25.7 Å². The SMILES string of the molecule is CS(=O)(=O)NC1CCCC1CN=C(N)N1CCCCC1.I. The predicted molar refractivity (Wildman–Crippen MR) is 96.4 cm³/mol. The fraction of sp³-hybridized carbons (Fsp3) is 0.923. The minimum absolute atomic E-state index is 0. The van der Waals surface area contributed by atoms with Crippen LogP contribution < -0.4 is 10.5 Å². The van der Waals surface area contributed by atoms with Gasteiger partial charge in [-0.05, 0) is 38.0 Å². The van der Waals surface area contributed by atoms with Gasteiger partial charge in [-0.3, -0.25) is 4.99 Å². The molecule has 2 unspecified atom stereocenters. The molecule has 2 rings (SSSR count). The maximum atomic E-state index is 11.3. The van der Waals surface area contributed by atoms with Gasteiger partial charge < -0.3 is 10.6 Å². The number of halogens is 1. The Hall–Kier alpha value is -0.0900. The first kappa shape index (κ1) is 19.0. The summed E-state index contributed by atoms with van der Waals surface area (Å²) in [6, 6.07) is 0.0166. The van der Waals surface area contributed by atoms with E-state index < -0.39 is 10.0 Å². The van der Waals surface area contributed by atoms with Crippen molar-refractivity contribution in [1.82, 2.24) is 9.62 Å². The van der Waals surface area contributed by atoms with Crippen LogP contribution in [0.2, 0.25) is 0 Å². The molecular weight excluding hydrogens is 403 g/mol. The van der Waals surface area contributed by atoms with E-state index in [1.54, 1.807) is 0 Å². The van der Waals surface area contributed by atoms with Crippen molar-refractivity contribution in [1.29, 1.82) is 0 Å². The van der Waals surface area contributed by atoms with Crippen molar-refractivity contribution in [2.75, 3.05) is 25.9 Å². The Balaban J connectivity index is 0.00000220. The molecular formula is C13H27IN4O2S. The third-order valence-corrected chi connectivity index (χ3v) is 4.92. The van der Waals surface area contributed by atoms with E-state index in [0.717, 1.165) is 32.4 Å². The summed E-state index contributed by atoms with van der Waals surface area (Å²) in [7, 11) is -3.14. The largest absolute Gasteiger partial charge is 0.370 e. The van der Waals surface area contributed by atoms with Gasteiger partial charge in [0.15, 0.2) is 5.96 Å². The third-order valence-electron chi connectivity index (χ3n) is 4.19. The summed E-state index contributed by atoms with van der Waals surface area (Å²) in [4.78, 5) is 6.63. The summed E-state index contributed by atoms with van der Waals surface area (Å²) in [6.45, 7) is 2.60. The molecule has 8 heteroatoms. The molecule has 3 N–H and O–H groups in total. The maximum absolute atomic E-state index is 11.3. The number of hydrogen-bond donors (Lipinski definition) is 2. The van der Waals surface area contributed by atoms with Crippen LogP contribution in [0.25, 0.3) is 0 Å². The second-order valence-corrected chi connectivity index (χ2v) is 7.71. The molecule has 2 aliphatic rings. The van der Waals surface area contributed by atoms with Crippen LogP contribution in [-0.4, -0.2) is 51.2 Å². The van der Waals surface area contributed by atoms with Gasteiger partial charge in [-0.15, -0.1) is 24.0 Å². The van der Waals surface area contributed by atoms with E-state index in [2.05, 4.69) is 14.6 Å². The summed E-state index contributed by atoms with van der Waals surface area (Å²) in [6.07, 6.45) is 7.81. The number of guanidine groups is 1. The quantitative estimate of drug-likeness (QED) is 0.398. The van der Waals surface area contributed by atoms with Crippen molar-refractivity contribution in [3.63, 3.8) is 0 Å². The van der Waals surface area contributed by atoms with Crippen LogP contribution >= 0.6 is 24.0 Å². The number of rotatable bonds is 4. The van der Waals surface area contributed by atoms with Crippen molar-refractivity contribution >= 4 is 40.0 Å². The van der Waals surface area contributed by atoms with E-state index >= 15 is 0 Å². The van der Waals surface area contributed by atoms with E-state index in [-0.39, 0.29) is 35.9 Å². The highest BCUT2D eigenvalue weighted by molar-refractivity contribution is 14.0. The first-order chi connectivity index (χ1) is 9.46. The van der Waals surface area contributed by atoms with E-state index in [4.69, 9.17) is 5.73 Å². The summed E-state index contributed by atoms with van der Waals surface area (Å²) >= 11 is 0. The van der Waals surface area contributed by atoms with E-state index in [0.29, 0.717) is 12.5 Å². The summed E-state index contributed by atoms with van der Waals surface area (Å²) < 4.78 is 25.4. The molecule has 0 amide bonds. The summed E-state index contributed by atoms with van der Waals surface area (Å²) in [5, 5.41) is 0. The molecule has 0 aromatic rings. The van der Waals surface area contributed by atoms with Gasteiger partial charge in [-0.1, -0.05) is 6.42 Å². The van der Waals surface area contributed by atoms with Gasteiger partial charge in [0.1, 0.15) is 0 Å². The Morgan fingerprint density at radius 1 is 1.24 bits per heavy atom. The van der Waals surface area contributed by atoms with Crippen LogP contribution in [0.15, 0.2) is 4.99 Å². The molecule has 1 aliphatic heterocycles. The van der Waals surface area contributed by atoms with Crippen LogP contribution in [0.4, 0.5) is 0 Å². The van der Waals surface area contributed by atoms with Crippen molar-refractivity contribution in [3.05, 3.63) is 0 Å². The predicted octanol–water partition coefficient (Wildman–Crippen LogP) is 1.12. The lowest BCUT2D eigenvalue weighted by molar-refractivity contribution is 0.336. The molecule has 0 spiro atoms. The van der Waals surface area contributed by atoms with Crippen LogP contribution in [0.3, 0.4) is 0 Å². The van der Waals surface area contributed by atoms with Gasteiger partial charge in [-0.25, -0.2) is 13.1 Å². The third kappa shape index (κ3) is 6.27. The van der Waals surface area contributed by atoms with Gasteiger partial charge in [0.25, 0.3) is 0 Å². The Bertz CT molecular complexity index is 449. The Morgan fingerprint density at radius 2 is 1.90 bits per heavy atom.